The highest BCUT2D eigenvalue weighted by Gasteiger charge is 2.19. The highest BCUT2D eigenvalue weighted by Crippen LogP contribution is 2.36. The molecule has 2 nitrogen and oxygen atoms in total. The van der Waals surface area contributed by atoms with E-state index in [9.17, 15) is 0 Å². The van der Waals surface area contributed by atoms with Gasteiger partial charge in [-0.25, -0.2) is 0 Å². The highest BCUT2D eigenvalue weighted by atomic mass is 16.5. The zero-order chi connectivity index (χ0) is 16.2. The fourth-order valence-corrected chi connectivity index (χ4v) is 2.84. The van der Waals surface area contributed by atoms with E-state index in [1.807, 2.05) is 60.9 Å². The van der Waals surface area contributed by atoms with Crippen LogP contribution in [0.2, 0.25) is 0 Å². The van der Waals surface area contributed by atoms with Crippen molar-refractivity contribution in [2.75, 3.05) is 0 Å². The Morgan fingerprint density at radius 2 is 1.38 bits per heavy atom. The van der Waals surface area contributed by atoms with Crippen molar-refractivity contribution in [2.24, 2.45) is 0 Å². The van der Waals surface area contributed by atoms with Gasteiger partial charge in [0.15, 0.2) is 0 Å². The van der Waals surface area contributed by atoms with Crippen molar-refractivity contribution in [1.82, 2.24) is 4.98 Å². The second kappa shape index (κ2) is 6.55. The van der Waals surface area contributed by atoms with E-state index in [0.717, 1.165) is 28.0 Å². The van der Waals surface area contributed by atoms with Crippen LogP contribution in [0.25, 0.3) is 11.3 Å². The van der Waals surface area contributed by atoms with Crippen molar-refractivity contribution in [3.05, 3.63) is 114 Å². The van der Waals surface area contributed by atoms with Crippen molar-refractivity contribution >= 4 is 11.3 Å². The maximum Gasteiger partial charge on any atom is 0.143 e. The maximum absolute atomic E-state index is 6.28. The smallest absolute Gasteiger partial charge is 0.143 e. The molecule has 1 aliphatic heterocycles. The first-order valence-corrected chi connectivity index (χ1v) is 8.01. The van der Waals surface area contributed by atoms with Crippen LogP contribution in [-0.2, 0) is 4.74 Å². The van der Waals surface area contributed by atoms with E-state index in [0.29, 0.717) is 0 Å². The molecule has 2 heterocycles. The van der Waals surface area contributed by atoms with Gasteiger partial charge in [-0.3, -0.25) is 4.98 Å². The van der Waals surface area contributed by atoms with Crippen LogP contribution in [0.5, 0.6) is 0 Å². The highest BCUT2D eigenvalue weighted by molar-refractivity contribution is 5.83. The minimum absolute atomic E-state index is 0.102. The molecule has 4 rings (SSSR count). The van der Waals surface area contributed by atoms with E-state index in [1.54, 1.807) is 0 Å². The molecule has 0 N–H and O–H groups in total. The predicted molar refractivity (Wildman–Crippen MR) is 96.9 cm³/mol. The summed E-state index contributed by atoms with van der Waals surface area (Å²) in [7, 11) is 0. The van der Waals surface area contributed by atoms with Crippen molar-refractivity contribution < 1.29 is 4.74 Å². The van der Waals surface area contributed by atoms with Crippen LogP contribution in [-0.4, -0.2) is 4.98 Å². The van der Waals surface area contributed by atoms with E-state index < -0.39 is 0 Å². The molecule has 2 aromatic carbocycles. The minimum atomic E-state index is -0.102. The van der Waals surface area contributed by atoms with Crippen molar-refractivity contribution in [3.63, 3.8) is 0 Å². The summed E-state index contributed by atoms with van der Waals surface area (Å²) in [6.45, 7) is 0. The van der Waals surface area contributed by atoms with Crippen LogP contribution >= 0.6 is 0 Å². The summed E-state index contributed by atoms with van der Waals surface area (Å²) >= 11 is 0. The number of rotatable bonds is 3. The average molecular weight is 311 g/mol. The summed E-state index contributed by atoms with van der Waals surface area (Å²) in [5.74, 6) is 0.888. The van der Waals surface area contributed by atoms with Gasteiger partial charge in [0, 0.05) is 18.0 Å². The molecule has 1 aliphatic rings. The van der Waals surface area contributed by atoms with Crippen molar-refractivity contribution in [1.29, 1.82) is 0 Å². The van der Waals surface area contributed by atoms with E-state index in [-0.39, 0.29) is 6.10 Å². The minimum Gasteiger partial charge on any atom is -0.481 e. The van der Waals surface area contributed by atoms with Crippen LogP contribution in [0.4, 0.5) is 0 Å². The first-order chi connectivity index (χ1) is 11.9. The van der Waals surface area contributed by atoms with E-state index >= 15 is 0 Å². The lowest BCUT2D eigenvalue weighted by Crippen LogP contribution is -2.06. The summed E-state index contributed by atoms with van der Waals surface area (Å²) in [6, 6.07) is 24.6. The van der Waals surface area contributed by atoms with E-state index in [4.69, 9.17) is 4.74 Å². The summed E-state index contributed by atoms with van der Waals surface area (Å²) in [6.07, 6.45) is 7.80. The van der Waals surface area contributed by atoms with Crippen molar-refractivity contribution in [2.45, 2.75) is 6.10 Å². The molecule has 2 heteroatoms. The molecule has 0 radical (unpaired) electrons. The Kier molecular flexibility index (Phi) is 3.95. The van der Waals surface area contributed by atoms with Crippen LogP contribution < -0.4 is 0 Å². The molecule has 0 fully saturated rings. The van der Waals surface area contributed by atoms with E-state index in [1.165, 1.54) is 0 Å². The van der Waals surface area contributed by atoms with Gasteiger partial charge in [0.1, 0.15) is 11.9 Å². The Bertz CT molecular complexity index is 868. The molecular formula is C22H17NO. The molecule has 116 valence electrons. The van der Waals surface area contributed by atoms with Crippen LogP contribution in [0.1, 0.15) is 22.8 Å². The summed E-state index contributed by atoms with van der Waals surface area (Å²) in [4.78, 5) is 4.12. The Morgan fingerprint density at radius 3 is 2.08 bits per heavy atom. The third kappa shape index (κ3) is 2.99. The normalized spacial score (nSPS) is 16.8. The second-order valence-electron chi connectivity index (χ2n) is 5.68. The topological polar surface area (TPSA) is 22.1 Å². The molecule has 24 heavy (non-hydrogen) atoms. The molecule has 0 amide bonds. The lowest BCUT2D eigenvalue weighted by atomic mass is 9.97. The number of ether oxygens (including phenoxy) is 1. The molecule has 0 aliphatic carbocycles. The number of nitrogens with zero attached hydrogens (tertiary/aromatic N) is 1. The molecule has 1 unspecified atom stereocenters. The first kappa shape index (κ1) is 14.5. The first-order valence-electron chi connectivity index (χ1n) is 8.01. The summed E-state index contributed by atoms with van der Waals surface area (Å²) in [5.41, 5.74) is 4.52. The molecule has 1 aromatic heterocycles. The molecule has 1 atom stereocenters. The largest absolute Gasteiger partial charge is 0.481 e. The average Bonchev–Trinajstić information content (AvgIpc) is 2.70. The second-order valence-corrected chi connectivity index (χ2v) is 5.68. The van der Waals surface area contributed by atoms with E-state index in [2.05, 4.69) is 41.4 Å². The van der Waals surface area contributed by atoms with Gasteiger partial charge >= 0.3 is 0 Å². The number of pyridine rings is 1. The van der Waals surface area contributed by atoms with Crippen LogP contribution in [0.3, 0.4) is 0 Å². The third-order valence-corrected chi connectivity index (χ3v) is 4.07. The Morgan fingerprint density at radius 1 is 0.708 bits per heavy atom. The van der Waals surface area contributed by atoms with Gasteiger partial charge in [0.25, 0.3) is 0 Å². The van der Waals surface area contributed by atoms with Gasteiger partial charge in [-0.15, -0.1) is 0 Å². The number of hydrogen-bond donors (Lipinski definition) is 0. The lowest BCUT2D eigenvalue weighted by molar-refractivity contribution is 0.213. The fourth-order valence-electron chi connectivity index (χ4n) is 2.84. The van der Waals surface area contributed by atoms with Crippen molar-refractivity contribution in [3.8, 4) is 0 Å². The lowest BCUT2D eigenvalue weighted by Gasteiger charge is -2.24. The zero-order valence-corrected chi connectivity index (χ0v) is 13.2. The number of benzene rings is 2. The predicted octanol–water partition coefficient (Wildman–Crippen LogP) is 5.28. The SMILES string of the molecule is C1=C(c2ccncc2)C=C(c2ccccc2)OC1c1ccccc1. The summed E-state index contributed by atoms with van der Waals surface area (Å²) in [5, 5.41) is 0. The molecule has 0 saturated carbocycles. The number of hydrogen-bond acceptors (Lipinski definition) is 2. The Hall–Kier alpha value is -3.13. The quantitative estimate of drug-likeness (QED) is 0.656. The fraction of sp³-hybridized carbons (Fsp3) is 0.0455. The van der Waals surface area contributed by atoms with Crippen LogP contribution in [0.15, 0.2) is 97.3 Å². The monoisotopic (exact) mass is 311 g/mol. The van der Waals surface area contributed by atoms with Gasteiger partial charge in [-0.2, -0.15) is 0 Å². The van der Waals surface area contributed by atoms with Crippen LogP contribution in [0, 0.1) is 0 Å². The molecule has 0 bridgehead atoms. The molecule has 0 spiro atoms. The van der Waals surface area contributed by atoms with Gasteiger partial charge < -0.3 is 4.74 Å². The van der Waals surface area contributed by atoms with Gasteiger partial charge in [-0.1, -0.05) is 60.7 Å². The molecular weight excluding hydrogens is 294 g/mol. The Balaban J connectivity index is 1.79. The molecule has 0 saturated heterocycles. The standard InChI is InChI=1S/C22H17NO/c1-3-7-18(8-4-1)21-15-20(17-11-13-23-14-12-17)16-22(24-21)19-9-5-2-6-10-19/h1-16,21H. The molecule has 3 aromatic rings. The maximum atomic E-state index is 6.28. The number of allylic oxidation sites excluding steroid dienone is 2. The van der Waals surface area contributed by atoms with Gasteiger partial charge in [0.05, 0.1) is 0 Å². The van der Waals surface area contributed by atoms with Gasteiger partial charge in [-0.05, 0) is 41.0 Å². The van der Waals surface area contributed by atoms with Gasteiger partial charge in [0.2, 0.25) is 0 Å². The zero-order valence-electron chi connectivity index (χ0n) is 13.2. The number of aromatic nitrogens is 1. The summed E-state index contributed by atoms with van der Waals surface area (Å²) < 4.78 is 6.28. The third-order valence-electron chi connectivity index (χ3n) is 4.07. The Labute approximate surface area is 141 Å².